The summed E-state index contributed by atoms with van der Waals surface area (Å²) in [7, 11) is -3.39. The van der Waals surface area contributed by atoms with E-state index in [2.05, 4.69) is 10.8 Å². The molecule has 0 radical (unpaired) electrons. The average Bonchev–Trinajstić information content (AvgIpc) is 2.67. The van der Waals surface area contributed by atoms with E-state index in [1.165, 1.54) is 0 Å². The standard InChI is InChI=1S/C21H27N3O3S/c1-3-15-28(26,27)23-17-21(2,25)19-9-11-20(12-10-19)24(14-13-22)16-18-7-5-4-6-8-18/h4-12,23,25H,3,14-17H2,1-2H3. The quantitative estimate of drug-likeness (QED) is 0.597. The summed E-state index contributed by atoms with van der Waals surface area (Å²) in [6, 6.07) is 19.3. The molecule has 0 heterocycles. The van der Waals surface area contributed by atoms with Crippen LogP contribution in [0.15, 0.2) is 54.6 Å². The summed E-state index contributed by atoms with van der Waals surface area (Å²) in [6.07, 6.45) is 0.516. The molecule has 0 aliphatic heterocycles. The number of aliphatic hydroxyl groups is 1. The van der Waals surface area contributed by atoms with Gasteiger partial charge in [-0.2, -0.15) is 5.26 Å². The number of rotatable bonds is 10. The summed E-state index contributed by atoms with van der Waals surface area (Å²) in [5.74, 6) is 0.0324. The van der Waals surface area contributed by atoms with Gasteiger partial charge in [-0.05, 0) is 36.6 Å². The smallest absolute Gasteiger partial charge is 0.211 e. The minimum Gasteiger partial charge on any atom is -0.384 e. The molecule has 1 atom stereocenters. The van der Waals surface area contributed by atoms with Crippen LogP contribution in [0.2, 0.25) is 0 Å². The van der Waals surface area contributed by atoms with E-state index in [1.54, 1.807) is 26.0 Å². The van der Waals surface area contributed by atoms with Gasteiger partial charge < -0.3 is 10.0 Å². The molecule has 7 heteroatoms. The maximum Gasteiger partial charge on any atom is 0.211 e. The Kier molecular flexibility index (Phi) is 7.58. The molecule has 2 aromatic carbocycles. The van der Waals surface area contributed by atoms with Gasteiger partial charge in [0.1, 0.15) is 12.1 Å². The van der Waals surface area contributed by atoms with E-state index in [-0.39, 0.29) is 18.8 Å². The van der Waals surface area contributed by atoms with Crippen LogP contribution in [0.4, 0.5) is 5.69 Å². The van der Waals surface area contributed by atoms with Crippen molar-refractivity contribution in [2.45, 2.75) is 32.4 Å². The summed E-state index contributed by atoms with van der Waals surface area (Å²) in [5, 5.41) is 19.8. The molecule has 0 aliphatic rings. The number of sulfonamides is 1. The van der Waals surface area contributed by atoms with Crippen LogP contribution in [0.1, 0.15) is 31.4 Å². The number of hydrogen-bond donors (Lipinski definition) is 2. The number of nitriles is 1. The lowest BCUT2D eigenvalue weighted by molar-refractivity contribution is 0.0627. The number of hydrogen-bond acceptors (Lipinski definition) is 5. The molecule has 0 amide bonds. The highest BCUT2D eigenvalue weighted by molar-refractivity contribution is 7.89. The first-order chi connectivity index (χ1) is 13.3. The summed E-state index contributed by atoms with van der Waals surface area (Å²) in [4.78, 5) is 1.94. The molecule has 0 aliphatic carbocycles. The Bertz CT molecular complexity index is 889. The molecular weight excluding hydrogens is 374 g/mol. The molecule has 0 fully saturated rings. The Morgan fingerprint density at radius 3 is 2.36 bits per heavy atom. The van der Waals surface area contributed by atoms with E-state index in [0.29, 0.717) is 18.5 Å². The Hall–Kier alpha value is -2.40. The van der Waals surface area contributed by atoms with Gasteiger partial charge >= 0.3 is 0 Å². The zero-order valence-electron chi connectivity index (χ0n) is 16.3. The first-order valence-corrected chi connectivity index (χ1v) is 10.9. The van der Waals surface area contributed by atoms with Gasteiger partial charge in [0.05, 0.1) is 11.8 Å². The lowest BCUT2D eigenvalue weighted by Crippen LogP contribution is -2.39. The number of nitrogens with one attached hydrogen (secondary N) is 1. The summed E-state index contributed by atoms with van der Waals surface area (Å²) < 4.78 is 26.1. The Morgan fingerprint density at radius 1 is 1.14 bits per heavy atom. The third-order valence-corrected chi connectivity index (χ3v) is 5.97. The highest BCUT2D eigenvalue weighted by Gasteiger charge is 2.25. The van der Waals surface area contributed by atoms with E-state index in [9.17, 15) is 13.5 Å². The van der Waals surface area contributed by atoms with Crippen LogP contribution in [0.3, 0.4) is 0 Å². The van der Waals surface area contributed by atoms with E-state index in [1.807, 2.05) is 47.4 Å². The highest BCUT2D eigenvalue weighted by atomic mass is 32.2. The fourth-order valence-electron chi connectivity index (χ4n) is 2.85. The summed E-state index contributed by atoms with van der Waals surface area (Å²) >= 11 is 0. The van der Waals surface area contributed by atoms with Gasteiger partial charge in [-0.1, -0.05) is 49.4 Å². The lowest BCUT2D eigenvalue weighted by Gasteiger charge is -2.26. The zero-order valence-corrected chi connectivity index (χ0v) is 17.1. The Labute approximate surface area is 167 Å². The number of benzene rings is 2. The minimum absolute atomic E-state index is 0.0324. The van der Waals surface area contributed by atoms with Crippen molar-refractivity contribution < 1.29 is 13.5 Å². The van der Waals surface area contributed by atoms with Crippen molar-refractivity contribution in [2.75, 3.05) is 23.7 Å². The summed E-state index contributed by atoms with van der Waals surface area (Å²) in [5.41, 5.74) is 1.22. The van der Waals surface area contributed by atoms with E-state index >= 15 is 0 Å². The van der Waals surface area contributed by atoms with Gasteiger partial charge in [0.15, 0.2) is 0 Å². The summed E-state index contributed by atoms with van der Waals surface area (Å²) in [6.45, 7) is 4.11. The SMILES string of the molecule is CCCS(=O)(=O)NCC(C)(O)c1ccc(N(CC#N)Cc2ccccc2)cc1. The van der Waals surface area contributed by atoms with Crippen molar-refractivity contribution in [3.05, 3.63) is 65.7 Å². The van der Waals surface area contributed by atoms with Crippen molar-refractivity contribution in [2.24, 2.45) is 0 Å². The van der Waals surface area contributed by atoms with Crippen LogP contribution in [0.25, 0.3) is 0 Å². The molecule has 150 valence electrons. The molecule has 0 bridgehead atoms. The van der Waals surface area contributed by atoms with Crippen LogP contribution in [-0.4, -0.2) is 32.4 Å². The van der Waals surface area contributed by atoms with Crippen LogP contribution in [-0.2, 0) is 22.2 Å². The molecule has 0 spiro atoms. The van der Waals surface area contributed by atoms with Gasteiger partial charge in [-0.15, -0.1) is 0 Å². The van der Waals surface area contributed by atoms with Crippen molar-refractivity contribution in [3.63, 3.8) is 0 Å². The molecule has 6 nitrogen and oxygen atoms in total. The third kappa shape index (κ3) is 6.34. The lowest BCUT2D eigenvalue weighted by atomic mass is 9.96. The minimum atomic E-state index is -3.39. The molecular formula is C21H27N3O3S. The molecule has 2 rings (SSSR count). The van der Waals surface area contributed by atoms with Gasteiger partial charge in [-0.3, -0.25) is 0 Å². The highest BCUT2D eigenvalue weighted by Crippen LogP contribution is 2.24. The second-order valence-corrected chi connectivity index (χ2v) is 8.89. The van der Waals surface area contributed by atoms with E-state index in [4.69, 9.17) is 5.26 Å². The monoisotopic (exact) mass is 401 g/mol. The van der Waals surface area contributed by atoms with Crippen LogP contribution in [0, 0.1) is 11.3 Å². The predicted molar refractivity (Wildman–Crippen MR) is 111 cm³/mol. The first kappa shape index (κ1) is 21.9. The van der Waals surface area contributed by atoms with Gasteiger partial charge in [0, 0.05) is 18.8 Å². The van der Waals surface area contributed by atoms with Crippen molar-refractivity contribution in [1.29, 1.82) is 5.26 Å². The molecule has 2 N–H and O–H groups in total. The van der Waals surface area contributed by atoms with Crippen LogP contribution >= 0.6 is 0 Å². The fraction of sp³-hybridized carbons (Fsp3) is 0.381. The largest absolute Gasteiger partial charge is 0.384 e. The first-order valence-electron chi connectivity index (χ1n) is 9.23. The van der Waals surface area contributed by atoms with Gasteiger partial charge in [-0.25, -0.2) is 13.1 Å². The van der Waals surface area contributed by atoms with E-state index in [0.717, 1.165) is 11.3 Å². The maximum absolute atomic E-state index is 11.8. The van der Waals surface area contributed by atoms with Gasteiger partial charge in [0.2, 0.25) is 10.0 Å². The van der Waals surface area contributed by atoms with Gasteiger partial charge in [0.25, 0.3) is 0 Å². The van der Waals surface area contributed by atoms with Crippen molar-refractivity contribution in [3.8, 4) is 6.07 Å². The Balaban J connectivity index is 2.12. The molecule has 28 heavy (non-hydrogen) atoms. The second-order valence-electron chi connectivity index (χ2n) is 6.96. The Morgan fingerprint density at radius 2 is 1.79 bits per heavy atom. The number of anilines is 1. The molecule has 0 aromatic heterocycles. The average molecular weight is 402 g/mol. The molecule has 0 saturated carbocycles. The van der Waals surface area contributed by atoms with E-state index < -0.39 is 15.6 Å². The fourth-order valence-corrected chi connectivity index (χ4v) is 4.04. The number of nitrogens with zero attached hydrogens (tertiary/aromatic N) is 2. The zero-order chi connectivity index (χ0) is 20.6. The normalized spacial score (nSPS) is 13.5. The van der Waals surface area contributed by atoms with Crippen molar-refractivity contribution >= 4 is 15.7 Å². The predicted octanol–water partition coefficient (Wildman–Crippen LogP) is 2.75. The van der Waals surface area contributed by atoms with Crippen LogP contribution in [0.5, 0.6) is 0 Å². The van der Waals surface area contributed by atoms with Crippen molar-refractivity contribution in [1.82, 2.24) is 4.72 Å². The molecule has 2 aromatic rings. The second kappa shape index (κ2) is 9.69. The van der Waals surface area contributed by atoms with Crippen LogP contribution < -0.4 is 9.62 Å². The third-order valence-electron chi connectivity index (χ3n) is 4.44. The topological polar surface area (TPSA) is 93.4 Å². The molecule has 1 unspecified atom stereocenters. The maximum atomic E-state index is 11.8. The molecule has 0 saturated heterocycles.